The van der Waals surface area contributed by atoms with Gasteiger partial charge in [0.25, 0.3) is 5.62 Å². The van der Waals surface area contributed by atoms with E-state index in [4.69, 9.17) is 9.47 Å². The van der Waals surface area contributed by atoms with E-state index in [1.165, 1.54) is 0 Å². The maximum absolute atomic E-state index is 11.4. The lowest BCUT2D eigenvalue weighted by Crippen LogP contribution is -2.35. The highest BCUT2D eigenvalue weighted by molar-refractivity contribution is 5.57. The average Bonchev–Trinajstić information content (AvgIpc) is 3.36. The highest BCUT2D eigenvalue weighted by Gasteiger charge is 2.21. The van der Waals surface area contributed by atoms with Gasteiger partial charge in [-0.2, -0.15) is 19.6 Å². The molecule has 12 nitrogen and oxygen atoms in total. The number of aromatic nitrogens is 6. The summed E-state index contributed by atoms with van der Waals surface area (Å²) in [5.41, 5.74) is 0.698. The van der Waals surface area contributed by atoms with Crippen LogP contribution in [0, 0.1) is 0 Å². The van der Waals surface area contributed by atoms with Crippen LogP contribution in [0.25, 0.3) is 11.7 Å². The van der Waals surface area contributed by atoms with Crippen molar-refractivity contribution in [2.75, 3.05) is 31.7 Å². The van der Waals surface area contributed by atoms with Crippen LogP contribution in [0.5, 0.6) is 5.88 Å². The molecule has 0 bridgehead atoms. The number of anilines is 1. The molecule has 2 fully saturated rings. The molecule has 0 amide bonds. The van der Waals surface area contributed by atoms with Crippen LogP contribution >= 0.6 is 0 Å². The number of imidazole rings is 1. The van der Waals surface area contributed by atoms with Crippen molar-refractivity contribution in [3.8, 4) is 5.88 Å². The lowest BCUT2D eigenvalue weighted by atomic mass is 10.3. The molecule has 0 spiro atoms. The van der Waals surface area contributed by atoms with Gasteiger partial charge in [0.2, 0.25) is 11.8 Å². The third kappa shape index (κ3) is 3.84. The van der Waals surface area contributed by atoms with Gasteiger partial charge >= 0.3 is 5.69 Å². The van der Waals surface area contributed by atoms with E-state index in [-0.39, 0.29) is 23.7 Å². The summed E-state index contributed by atoms with van der Waals surface area (Å²) in [5.74, 6) is 0.145. The van der Waals surface area contributed by atoms with Crippen molar-refractivity contribution in [1.29, 1.82) is 0 Å². The fraction of sp³-hybridized carbons (Fsp3) is 0.471. The zero-order valence-electron chi connectivity index (χ0n) is 15.5. The number of rotatable bonds is 5. The summed E-state index contributed by atoms with van der Waals surface area (Å²) in [6.45, 7) is 2.18. The molecule has 1 aliphatic heterocycles. The Morgan fingerprint density at radius 1 is 1.34 bits per heavy atom. The lowest BCUT2D eigenvalue weighted by molar-refractivity contribution is -0.0819. The van der Waals surface area contributed by atoms with Crippen molar-refractivity contribution in [1.82, 2.24) is 29.5 Å². The van der Waals surface area contributed by atoms with Gasteiger partial charge in [-0.15, -0.1) is 0 Å². The average molecular weight is 400 g/mol. The van der Waals surface area contributed by atoms with E-state index in [9.17, 15) is 9.90 Å². The van der Waals surface area contributed by atoms with Gasteiger partial charge in [-0.25, -0.2) is 9.79 Å². The summed E-state index contributed by atoms with van der Waals surface area (Å²) < 4.78 is 12.6. The minimum absolute atomic E-state index is 0.0785. The van der Waals surface area contributed by atoms with Gasteiger partial charge in [-0.3, -0.25) is 4.98 Å². The fourth-order valence-electron chi connectivity index (χ4n) is 3.02. The molecule has 0 radical (unpaired) electrons. The van der Waals surface area contributed by atoms with E-state index in [1.807, 2.05) is 0 Å². The summed E-state index contributed by atoms with van der Waals surface area (Å²) in [6.07, 6.45) is 5.15. The molecule has 1 unspecified atom stereocenters. The summed E-state index contributed by atoms with van der Waals surface area (Å²) >= 11 is 0. The van der Waals surface area contributed by atoms with Crippen molar-refractivity contribution < 1.29 is 14.6 Å². The van der Waals surface area contributed by atoms with E-state index in [0.29, 0.717) is 48.8 Å². The maximum atomic E-state index is 11.4. The Bertz CT molecular complexity index is 1200. The fourth-order valence-corrected chi connectivity index (χ4v) is 3.02. The second-order valence-corrected chi connectivity index (χ2v) is 6.98. The monoisotopic (exact) mass is 400 g/mol. The van der Waals surface area contributed by atoms with E-state index < -0.39 is 5.69 Å². The minimum atomic E-state index is -0.499. The van der Waals surface area contributed by atoms with Crippen molar-refractivity contribution in [3.63, 3.8) is 0 Å². The number of nitrogens with zero attached hydrogens (tertiary/aromatic N) is 5. The predicted molar refractivity (Wildman–Crippen MR) is 100 cm³/mol. The van der Waals surface area contributed by atoms with Crippen LogP contribution in [-0.4, -0.2) is 73.2 Å². The highest BCUT2D eigenvalue weighted by Crippen LogP contribution is 2.22. The van der Waals surface area contributed by atoms with Crippen LogP contribution in [0.2, 0.25) is 0 Å². The summed E-state index contributed by atoms with van der Waals surface area (Å²) in [6, 6.07) is 0.248. The standard InChI is InChI=1S/C17H20N8O4/c26-14-12(21-17(27)23-14)5-9-6-19-25-13(9)22-15(24-16(25)20-10-1-2-10)18-7-11-8-28-3-4-29-11/h5-6,10-11,26H,1-4,7-8H2,(H,18,20,24)(H2,21,23,27). The number of hydrogen-bond donors (Lipinski definition) is 4. The van der Waals surface area contributed by atoms with Crippen LogP contribution in [0.15, 0.2) is 16.0 Å². The summed E-state index contributed by atoms with van der Waals surface area (Å²) in [4.78, 5) is 29.9. The number of H-pyrrole nitrogens is 2. The number of fused-ring (bicyclic) bond motifs is 1. The SMILES string of the molecule is O=c1[nH]c(O)c(C=c2cnn3c(=NC4CC4)nc(NCC4COCCO4)nc23)[nH]1. The highest BCUT2D eigenvalue weighted by atomic mass is 16.6. The van der Waals surface area contributed by atoms with E-state index in [1.54, 1.807) is 16.8 Å². The first-order chi connectivity index (χ1) is 14.2. The van der Waals surface area contributed by atoms with Crippen molar-refractivity contribution in [3.05, 3.63) is 33.2 Å². The van der Waals surface area contributed by atoms with Gasteiger partial charge in [0.05, 0.1) is 38.2 Å². The molecule has 4 N–H and O–H groups in total. The van der Waals surface area contributed by atoms with Gasteiger partial charge < -0.3 is 24.9 Å². The second-order valence-electron chi connectivity index (χ2n) is 6.98. The van der Waals surface area contributed by atoms with E-state index in [2.05, 4.69) is 35.3 Å². The van der Waals surface area contributed by atoms with Crippen LogP contribution in [0.4, 0.5) is 5.95 Å². The Morgan fingerprint density at radius 3 is 2.97 bits per heavy atom. The summed E-state index contributed by atoms with van der Waals surface area (Å²) in [5, 5.41) is 17.9. The molecule has 5 rings (SSSR count). The predicted octanol–water partition coefficient (Wildman–Crippen LogP) is -1.72. The van der Waals surface area contributed by atoms with Crippen LogP contribution in [0.3, 0.4) is 0 Å². The molecule has 2 aliphatic rings. The Hall–Kier alpha value is -3.25. The van der Waals surface area contributed by atoms with E-state index >= 15 is 0 Å². The van der Waals surface area contributed by atoms with E-state index in [0.717, 1.165) is 12.8 Å². The van der Waals surface area contributed by atoms with Crippen LogP contribution in [0.1, 0.15) is 18.5 Å². The van der Waals surface area contributed by atoms with Gasteiger partial charge in [0, 0.05) is 11.8 Å². The van der Waals surface area contributed by atoms with Crippen LogP contribution in [-0.2, 0) is 9.47 Å². The lowest BCUT2D eigenvalue weighted by Gasteiger charge is -2.22. The third-order valence-corrected chi connectivity index (χ3v) is 4.63. The molecule has 152 valence electrons. The van der Waals surface area contributed by atoms with Crippen molar-refractivity contribution >= 4 is 17.7 Å². The Kier molecular flexibility index (Phi) is 4.48. The van der Waals surface area contributed by atoms with Crippen LogP contribution < -0.4 is 21.8 Å². The van der Waals surface area contributed by atoms with Gasteiger partial charge in [0.1, 0.15) is 5.69 Å². The topological polar surface area (TPSA) is 155 Å². The first-order valence-electron chi connectivity index (χ1n) is 9.41. The Labute approximate surface area is 163 Å². The number of nitrogens with one attached hydrogen (secondary N) is 3. The zero-order chi connectivity index (χ0) is 19.8. The largest absolute Gasteiger partial charge is 0.493 e. The zero-order valence-corrected chi connectivity index (χ0v) is 15.5. The van der Waals surface area contributed by atoms with Crippen molar-refractivity contribution in [2.24, 2.45) is 4.99 Å². The summed E-state index contributed by atoms with van der Waals surface area (Å²) in [7, 11) is 0. The number of ether oxygens (including phenoxy) is 2. The molecule has 3 aromatic rings. The quantitative estimate of drug-likeness (QED) is 0.394. The number of hydrogen-bond acceptors (Lipinski definition) is 9. The number of aromatic hydroxyl groups is 1. The molecule has 1 saturated heterocycles. The molecule has 4 heterocycles. The van der Waals surface area contributed by atoms with Gasteiger partial charge in [-0.05, 0) is 18.9 Å². The van der Waals surface area contributed by atoms with Crippen molar-refractivity contribution in [2.45, 2.75) is 25.0 Å². The molecule has 29 heavy (non-hydrogen) atoms. The molecular weight excluding hydrogens is 380 g/mol. The molecular formula is C17H20N8O4. The Morgan fingerprint density at radius 2 is 2.24 bits per heavy atom. The molecule has 0 aromatic carbocycles. The third-order valence-electron chi connectivity index (χ3n) is 4.63. The van der Waals surface area contributed by atoms with Gasteiger partial charge in [-0.1, -0.05) is 0 Å². The molecule has 1 atom stereocenters. The number of aromatic amines is 2. The van der Waals surface area contributed by atoms with Gasteiger partial charge in [0.15, 0.2) is 5.65 Å². The second kappa shape index (κ2) is 7.29. The first kappa shape index (κ1) is 17.8. The maximum Gasteiger partial charge on any atom is 0.326 e. The molecule has 1 aliphatic carbocycles. The molecule has 12 heteroatoms. The smallest absolute Gasteiger partial charge is 0.326 e. The molecule has 3 aromatic heterocycles. The Balaban J connectivity index is 1.55. The normalized spacial score (nSPS) is 21.2. The molecule has 1 saturated carbocycles. The minimum Gasteiger partial charge on any atom is -0.493 e. The first-order valence-corrected chi connectivity index (χ1v) is 9.41.